The maximum Gasteiger partial charge on any atom is 0.393 e. The molecule has 2 fully saturated rings. The van der Waals surface area contributed by atoms with Crippen molar-refractivity contribution in [1.82, 2.24) is 0 Å². The van der Waals surface area contributed by atoms with Crippen molar-refractivity contribution in [3.8, 4) is 0 Å². The number of rotatable bonds is 8. The third-order valence-corrected chi connectivity index (χ3v) is 7.51. The SMILES string of the molecule is CC(C)CC(C)(C(C)C)C(O)OC1CC2CC1CC2CC(C)(C)C(F)(F)F. The van der Waals surface area contributed by atoms with Crippen LogP contribution in [0, 0.1) is 40.4 Å². The van der Waals surface area contributed by atoms with E-state index in [4.69, 9.17) is 4.74 Å². The number of alkyl halides is 3. The summed E-state index contributed by atoms with van der Waals surface area (Å²) in [6, 6.07) is 0. The minimum absolute atomic E-state index is 0.0134. The summed E-state index contributed by atoms with van der Waals surface area (Å²) in [6.45, 7) is 13.3. The summed E-state index contributed by atoms with van der Waals surface area (Å²) in [5.41, 5.74) is -1.95. The van der Waals surface area contributed by atoms with Gasteiger partial charge in [0.25, 0.3) is 0 Å². The molecule has 0 spiro atoms. The van der Waals surface area contributed by atoms with Crippen LogP contribution < -0.4 is 0 Å². The van der Waals surface area contributed by atoms with Crippen LogP contribution in [0.2, 0.25) is 0 Å². The molecular formula is C22H39F3O2. The topological polar surface area (TPSA) is 29.5 Å². The van der Waals surface area contributed by atoms with Gasteiger partial charge in [-0.05, 0) is 61.7 Å². The third-order valence-electron chi connectivity index (χ3n) is 7.51. The molecule has 160 valence electrons. The van der Waals surface area contributed by atoms with E-state index >= 15 is 0 Å². The van der Waals surface area contributed by atoms with E-state index in [1.165, 1.54) is 13.8 Å². The molecule has 2 aliphatic carbocycles. The van der Waals surface area contributed by atoms with E-state index in [2.05, 4.69) is 34.6 Å². The van der Waals surface area contributed by atoms with Crippen molar-refractivity contribution in [2.45, 2.75) is 99.1 Å². The van der Waals surface area contributed by atoms with E-state index in [0.29, 0.717) is 11.8 Å². The van der Waals surface area contributed by atoms with Crippen LogP contribution in [-0.4, -0.2) is 23.7 Å². The second-order valence-corrected chi connectivity index (χ2v) is 10.9. The molecule has 6 atom stereocenters. The smallest absolute Gasteiger partial charge is 0.367 e. The van der Waals surface area contributed by atoms with E-state index < -0.39 is 17.9 Å². The molecule has 0 aromatic carbocycles. The zero-order chi connectivity index (χ0) is 20.8. The minimum atomic E-state index is -4.16. The number of fused-ring (bicyclic) bond motifs is 2. The molecule has 0 aromatic rings. The number of ether oxygens (including phenoxy) is 1. The van der Waals surface area contributed by atoms with Gasteiger partial charge in [-0.25, -0.2) is 0 Å². The lowest BCUT2D eigenvalue weighted by atomic mass is 9.72. The van der Waals surface area contributed by atoms with Gasteiger partial charge in [0, 0.05) is 5.41 Å². The summed E-state index contributed by atoms with van der Waals surface area (Å²) in [6.07, 6.45) is -1.38. The molecular weight excluding hydrogens is 353 g/mol. The highest BCUT2D eigenvalue weighted by atomic mass is 19.4. The van der Waals surface area contributed by atoms with E-state index in [0.717, 1.165) is 25.7 Å². The first-order chi connectivity index (χ1) is 12.2. The lowest BCUT2D eigenvalue weighted by Gasteiger charge is -2.42. The van der Waals surface area contributed by atoms with Gasteiger partial charge in [-0.2, -0.15) is 13.2 Å². The van der Waals surface area contributed by atoms with Gasteiger partial charge in [0.1, 0.15) is 0 Å². The molecule has 0 saturated heterocycles. The molecule has 2 aliphatic rings. The lowest BCUT2D eigenvalue weighted by Crippen LogP contribution is -2.43. The molecule has 0 amide bonds. The lowest BCUT2D eigenvalue weighted by molar-refractivity contribution is -0.227. The fraction of sp³-hybridized carbons (Fsp3) is 1.00. The van der Waals surface area contributed by atoms with Crippen LogP contribution in [0.1, 0.15) is 80.6 Å². The van der Waals surface area contributed by atoms with Gasteiger partial charge in [0.15, 0.2) is 6.29 Å². The summed E-state index contributed by atoms with van der Waals surface area (Å²) in [7, 11) is 0. The number of aliphatic hydroxyl groups excluding tert-OH is 1. The molecule has 0 aliphatic heterocycles. The molecule has 2 bridgehead atoms. The van der Waals surface area contributed by atoms with Gasteiger partial charge in [0.05, 0.1) is 11.5 Å². The van der Waals surface area contributed by atoms with Gasteiger partial charge < -0.3 is 9.84 Å². The maximum absolute atomic E-state index is 13.2. The van der Waals surface area contributed by atoms with Crippen molar-refractivity contribution in [3.63, 3.8) is 0 Å². The monoisotopic (exact) mass is 392 g/mol. The highest BCUT2D eigenvalue weighted by molar-refractivity contribution is 4.99. The van der Waals surface area contributed by atoms with Crippen LogP contribution in [-0.2, 0) is 4.74 Å². The minimum Gasteiger partial charge on any atom is -0.367 e. The summed E-state index contributed by atoms with van der Waals surface area (Å²) in [5, 5.41) is 10.9. The summed E-state index contributed by atoms with van der Waals surface area (Å²) < 4.78 is 45.8. The van der Waals surface area contributed by atoms with E-state index in [-0.39, 0.29) is 35.7 Å². The van der Waals surface area contributed by atoms with Crippen molar-refractivity contribution in [3.05, 3.63) is 0 Å². The molecule has 0 aromatic heterocycles. The molecule has 2 saturated carbocycles. The number of hydrogen-bond acceptors (Lipinski definition) is 2. The molecule has 6 unspecified atom stereocenters. The molecule has 5 heteroatoms. The molecule has 2 rings (SSSR count). The predicted molar refractivity (Wildman–Crippen MR) is 102 cm³/mol. The standard InChI is InChI=1S/C22H39F3O2/c1-13(2)11-21(7,14(3)4)19(26)27-18-10-15-8-16(18)9-17(15)12-20(5,6)22(23,24)25/h13-19,26H,8-12H2,1-7H3. The third kappa shape index (κ3) is 4.83. The number of halogens is 3. The van der Waals surface area contributed by atoms with E-state index in [1.54, 1.807) is 0 Å². The van der Waals surface area contributed by atoms with Gasteiger partial charge in [-0.3, -0.25) is 0 Å². The van der Waals surface area contributed by atoms with Crippen LogP contribution in [0.25, 0.3) is 0 Å². The first-order valence-corrected chi connectivity index (χ1v) is 10.6. The Balaban J connectivity index is 1.96. The van der Waals surface area contributed by atoms with Crippen molar-refractivity contribution in [2.75, 3.05) is 0 Å². The number of hydrogen-bond donors (Lipinski definition) is 1. The van der Waals surface area contributed by atoms with Crippen LogP contribution >= 0.6 is 0 Å². The fourth-order valence-electron chi connectivity index (χ4n) is 5.35. The first-order valence-electron chi connectivity index (χ1n) is 10.6. The zero-order valence-corrected chi connectivity index (χ0v) is 18.1. The number of aliphatic hydroxyl groups is 1. The molecule has 0 radical (unpaired) electrons. The van der Waals surface area contributed by atoms with Gasteiger partial charge in [-0.15, -0.1) is 0 Å². The second kappa shape index (κ2) is 7.85. The summed E-state index contributed by atoms with van der Waals surface area (Å²) in [4.78, 5) is 0. The van der Waals surface area contributed by atoms with Gasteiger partial charge in [0.2, 0.25) is 0 Å². The Labute approximate surface area is 163 Å². The molecule has 1 N–H and O–H groups in total. The van der Waals surface area contributed by atoms with E-state index in [9.17, 15) is 18.3 Å². The predicted octanol–water partition coefficient (Wildman–Crippen LogP) is 6.42. The average molecular weight is 393 g/mol. The van der Waals surface area contributed by atoms with E-state index in [1.807, 2.05) is 0 Å². The molecule has 27 heavy (non-hydrogen) atoms. The average Bonchev–Trinajstić information content (AvgIpc) is 3.04. The van der Waals surface area contributed by atoms with Gasteiger partial charge in [-0.1, -0.05) is 48.5 Å². The van der Waals surface area contributed by atoms with Crippen molar-refractivity contribution >= 4 is 0 Å². The van der Waals surface area contributed by atoms with Crippen LogP contribution in [0.15, 0.2) is 0 Å². The quantitative estimate of drug-likeness (QED) is 0.483. The highest BCUT2D eigenvalue weighted by Crippen LogP contribution is 2.55. The van der Waals surface area contributed by atoms with Crippen LogP contribution in [0.4, 0.5) is 13.2 Å². The Morgan fingerprint density at radius 1 is 0.963 bits per heavy atom. The Hall–Kier alpha value is -0.290. The Morgan fingerprint density at radius 3 is 1.96 bits per heavy atom. The first kappa shape index (κ1) is 23.0. The maximum atomic E-state index is 13.2. The Kier molecular flexibility index (Phi) is 6.69. The summed E-state index contributed by atoms with van der Waals surface area (Å²) in [5.74, 6) is 1.45. The second-order valence-electron chi connectivity index (χ2n) is 10.9. The molecule has 2 nitrogen and oxygen atoms in total. The van der Waals surface area contributed by atoms with Crippen LogP contribution in [0.5, 0.6) is 0 Å². The fourth-order valence-corrected chi connectivity index (χ4v) is 5.35. The Morgan fingerprint density at radius 2 is 1.56 bits per heavy atom. The largest absolute Gasteiger partial charge is 0.393 e. The molecule has 0 heterocycles. The summed E-state index contributed by atoms with van der Waals surface area (Å²) >= 11 is 0. The zero-order valence-electron chi connectivity index (χ0n) is 18.1. The van der Waals surface area contributed by atoms with Crippen molar-refractivity contribution < 1.29 is 23.0 Å². The van der Waals surface area contributed by atoms with Gasteiger partial charge >= 0.3 is 6.18 Å². The van der Waals surface area contributed by atoms with Crippen molar-refractivity contribution in [2.24, 2.45) is 40.4 Å². The Bertz CT molecular complexity index is 500. The van der Waals surface area contributed by atoms with Crippen molar-refractivity contribution in [1.29, 1.82) is 0 Å². The normalized spacial score (nSPS) is 32.3. The highest BCUT2D eigenvalue weighted by Gasteiger charge is 2.54. The van der Waals surface area contributed by atoms with Crippen LogP contribution in [0.3, 0.4) is 0 Å².